The van der Waals surface area contributed by atoms with Crippen molar-refractivity contribution in [2.24, 2.45) is 0 Å². The van der Waals surface area contributed by atoms with Crippen LogP contribution in [-0.4, -0.2) is 16.4 Å². The summed E-state index contributed by atoms with van der Waals surface area (Å²) in [7, 11) is 0. The van der Waals surface area contributed by atoms with E-state index in [1.807, 2.05) is 12.1 Å². The minimum atomic E-state index is -0.0192. The zero-order chi connectivity index (χ0) is 16.5. The van der Waals surface area contributed by atoms with Crippen LogP contribution >= 0.6 is 0 Å². The number of aromatic nitrogens is 1. The Morgan fingerprint density at radius 3 is 2.96 bits per heavy atom. The highest BCUT2D eigenvalue weighted by atomic mass is 16.3. The molecule has 1 aromatic heterocycles. The third-order valence-corrected chi connectivity index (χ3v) is 4.74. The molecule has 4 heteroatoms. The van der Waals surface area contributed by atoms with Gasteiger partial charge in [-0.25, -0.2) is 4.98 Å². The first-order valence-electron chi connectivity index (χ1n) is 8.44. The smallest absolute Gasteiger partial charge is 0.218 e. The second kappa shape index (κ2) is 6.01. The first kappa shape index (κ1) is 14.8. The van der Waals surface area contributed by atoms with Crippen molar-refractivity contribution in [3.63, 3.8) is 0 Å². The third-order valence-electron chi connectivity index (χ3n) is 4.74. The van der Waals surface area contributed by atoms with Crippen molar-refractivity contribution in [1.82, 2.24) is 9.88 Å². The first-order chi connectivity index (χ1) is 11.8. The second-order valence-corrected chi connectivity index (χ2v) is 6.24. The molecule has 1 fully saturated rings. The molecule has 0 bridgehead atoms. The second-order valence-electron chi connectivity index (χ2n) is 6.24. The zero-order valence-electron chi connectivity index (χ0n) is 13.7. The zero-order valence-corrected chi connectivity index (χ0v) is 13.7. The summed E-state index contributed by atoms with van der Waals surface area (Å²) in [4.78, 5) is 6.36. The summed E-state index contributed by atoms with van der Waals surface area (Å²) in [5.74, 6) is 0.656. The van der Waals surface area contributed by atoms with E-state index >= 15 is 0 Å². The molecule has 0 aliphatic carbocycles. The van der Waals surface area contributed by atoms with Crippen LogP contribution in [-0.2, 0) is 6.42 Å². The predicted octanol–water partition coefficient (Wildman–Crippen LogP) is 4.68. The van der Waals surface area contributed by atoms with Gasteiger partial charge in [0, 0.05) is 6.54 Å². The van der Waals surface area contributed by atoms with E-state index in [4.69, 9.17) is 4.42 Å². The van der Waals surface area contributed by atoms with Gasteiger partial charge in [0.1, 0.15) is 11.6 Å². The van der Waals surface area contributed by atoms with E-state index < -0.39 is 0 Å². The highest BCUT2D eigenvalue weighted by Crippen LogP contribution is 2.33. The predicted molar refractivity (Wildman–Crippen MR) is 93.1 cm³/mol. The van der Waals surface area contributed by atoms with Crippen LogP contribution in [0.25, 0.3) is 22.2 Å². The summed E-state index contributed by atoms with van der Waals surface area (Å²) in [5.41, 5.74) is 5.28. The van der Waals surface area contributed by atoms with Gasteiger partial charge in [-0.2, -0.15) is 5.26 Å². The highest BCUT2D eigenvalue weighted by Gasteiger charge is 2.29. The lowest BCUT2D eigenvalue weighted by Gasteiger charge is -2.13. The SMILES string of the molecule is CCc1cccc(-c2ccc3nc(C4CCCN4C#N)oc3c2)c1. The van der Waals surface area contributed by atoms with Gasteiger partial charge in [0.25, 0.3) is 0 Å². The molecule has 24 heavy (non-hydrogen) atoms. The molecule has 1 unspecified atom stereocenters. The molecule has 3 aromatic rings. The molecule has 120 valence electrons. The lowest BCUT2D eigenvalue weighted by atomic mass is 10.0. The van der Waals surface area contributed by atoms with E-state index in [1.54, 1.807) is 4.90 Å². The molecule has 4 rings (SSSR count). The van der Waals surface area contributed by atoms with Crippen LogP contribution in [0.1, 0.15) is 37.3 Å². The van der Waals surface area contributed by atoms with Gasteiger partial charge in [-0.3, -0.25) is 4.90 Å². The molecule has 0 spiro atoms. The Morgan fingerprint density at radius 2 is 2.12 bits per heavy atom. The number of benzene rings is 2. The van der Waals surface area contributed by atoms with Crippen molar-refractivity contribution < 1.29 is 4.42 Å². The van der Waals surface area contributed by atoms with Gasteiger partial charge in [-0.05, 0) is 48.1 Å². The van der Waals surface area contributed by atoms with E-state index in [0.29, 0.717) is 5.89 Å². The number of hydrogen-bond donors (Lipinski definition) is 0. The number of rotatable bonds is 3. The molecule has 4 nitrogen and oxygen atoms in total. The number of hydrogen-bond acceptors (Lipinski definition) is 4. The fraction of sp³-hybridized carbons (Fsp3) is 0.300. The van der Waals surface area contributed by atoms with E-state index in [2.05, 4.69) is 48.4 Å². The molecule has 1 aliphatic rings. The van der Waals surface area contributed by atoms with Crippen LogP contribution < -0.4 is 0 Å². The van der Waals surface area contributed by atoms with E-state index in [9.17, 15) is 5.26 Å². The molecule has 2 aromatic carbocycles. The lowest BCUT2D eigenvalue weighted by Crippen LogP contribution is -2.17. The van der Waals surface area contributed by atoms with Gasteiger partial charge in [-0.1, -0.05) is 37.3 Å². The van der Waals surface area contributed by atoms with Gasteiger partial charge in [0.05, 0.1) is 0 Å². The highest BCUT2D eigenvalue weighted by molar-refractivity contribution is 5.80. The van der Waals surface area contributed by atoms with Crippen molar-refractivity contribution in [1.29, 1.82) is 5.26 Å². The van der Waals surface area contributed by atoms with Crippen LogP contribution in [0.4, 0.5) is 0 Å². The van der Waals surface area contributed by atoms with E-state index in [0.717, 1.165) is 42.5 Å². The Balaban J connectivity index is 1.72. The van der Waals surface area contributed by atoms with Crippen LogP contribution in [0.15, 0.2) is 46.9 Å². The van der Waals surface area contributed by atoms with E-state index in [1.165, 1.54) is 11.1 Å². The maximum absolute atomic E-state index is 9.22. The summed E-state index contributed by atoms with van der Waals surface area (Å²) in [6, 6.07) is 14.7. The number of nitriles is 1. The first-order valence-corrected chi connectivity index (χ1v) is 8.44. The third kappa shape index (κ3) is 2.52. The largest absolute Gasteiger partial charge is 0.438 e. The number of oxazole rings is 1. The summed E-state index contributed by atoms with van der Waals surface area (Å²) in [6.07, 6.45) is 5.19. The van der Waals surface area contributed by atoms with Crippen molar-refractivity contribution in [3.8, 4) is 17.3 Å². The molecule has 0 N–H and O–H groups in total. The summed E-state index contributed by atoms with van der Waals surface area (Å²) in [5, 5.41) is 9.22. The molecule has 1 atom stereocenters. The average molecular weight is 317 g/mol. The summed E-state index contributed by atoms with van der Waals surface area (Å²) >= 11 is 0. The quantitative estimate of drug-likeness (QED) is 0.658. The van der Waals surface area contributed by atoms with Crippen LogP contribution in [0.3, 0.4) is 0 Å². The molecule has 0 radical (unpaired) electrons. The van der Waals surface area contributed by atoms with Gasteiger partial charge < -0.3 is 4.42 Å². The van der Waals surface area contributed by atoms with E-state index in [-0.39, 0.29) is 6.04 Å². The minimum absolute atomic E-state index is 0.0192. The maximum Gasteiger partial charge on any atom is 0.218 e. The standard InChI is InChI=1S/C20H19N3O/c1-2-14-5-3-6-15(11-14)16-8-9-17-19(12-16)24-20(22-17)18-7-4-10-23(18)13-21/h3,5-6,8-9,11-12,18H,2,4,7,10H2,1H3. The lowest BCUT2D eigenvalue weighted by molar-refractivity contribution is 0.314. The Labute approximate surface area is 141 Å². The Bertz CT molecular complexity index is 922. The number of aryl methyl sites for hydroxylation is 1. The Morgan fingerprint density at radius 1 is 1.25 bits per heavy atom. The van der Waals surface area contributed by atoms with Crippen molar-refractivity contribution in [2.45, 2.75) is 32.2 Å². The molecular formula is C20H19N3O. The fourth-order valence-corrected chi connectivity index (χ4v) is 3.38. The van der Waals surface area contributed by atoms with Crippen LogP contribution in [0.5, 0.6) is 0 Å². The number of likely N-dealkylation sites (tertiary alicyclic amines) is 1. The van der Waals surface area contributed by atoms with Crippen LogP contribution in [0.2, 0.25) is 0 Å². The van der Waals surface area contributed by atoms with Crippen LogP contribution in [0, 0.1) is 11.5 Å². The van der Waals surface area contributed by atoms with Gasteiger partial charge in [0.15, 0.2) is 11.8 Å². The number of nitrogens with zero attached hydrogens (tertiary/aromatic N) is 3. The Kier molecular flexibility index (Phi) is 3.70. The summed E-state index contributed by atoms with van der Waals surface area (Å²) in [6.45, 7) is 2.95. The molecule has 1 aliphatic heterocycles. The van der Waals surface area contributed by atoms with Gasteiger partial charge >= 0.3 is 0 Å². The molecular weight excluding hydrogens is 298 g/mol. The topological polar surface area (TPSA) is 53.1 Å². The molecule has 2 heterocycles. The molecule has 1 saturated heterocycles. The maximum atomic E-state index is 9.22. The number of fused-ring (bicyclic) bond motifs is 1. The monoisotopic (exact) mass is 317 g/mol. The Hall–Kier alpha value is -2.80. The van der Waals surface area contributed by atoms with Crippen molar-refractivity contribution in [2.75, 3.05) is 6.54 Å². The van der Waals surface area contributed by atoms with Crippen molar-refractivity contribution >= 4 is 11.1 Å². The van der Waals surface area contributed by atoms with Gasteiger partial charge in [-0.15, -0.1) is 0 Å². The van der Waals surface area contributed by atoms with Crippen molar-refractivity contribution in [3.05, 3.63) is 53.9 Å². The summed E-state index contributed by atoms with van der Waals surface area (Å²) < 4.78 is 6.00. The average Bonchev–Trinajstić information content (AvgIpc) is 3.26. The molecule has 0 amide bonds. The molecule has 0 saturated carbocycles. The normalized spacial score (nSPS) is 17.3. The fourth-order valence-electron chi connectivity index (χ4n) is 3.38. The van der Waals surface area contributed by atoms with Gasteiger partial charge in [0.2, 0.25) is 5.89 Å². The minimum Gasteiger partial charge on any atom is -0.438 e.